The highest BCUT2D eigenvalue weighted by Crippen LogP contribution is 2.08. The summed E-state index contributed by atoms with van der Waals surface area (Å²) in [5, 5.41) is 3.29. The minimum absolute atomic E-state index is 0.730. The summed E-state index contributed by atoms with van der Waals surface area (Å²) in [7, 11) is 0. The lowest BCUT2D eigenvalue weighted by atomic mass is 10.3. The number of aryl methyl sites for hydroxylation is 2. The molecule has 0 aliphatic heterocycles. The maximum atomic E-state index is 4.35. The Hall–Kier alpha value is -1.97. The molecule has 2 aromatic heterocycles. The fourth-order valence-corrected chi connectivity index (χ4v) is 1.60. The summed E-state index contributed by atoms with van der Waals surface area (Å²) in [6, 6.07) is 5.96. The highest BCUT2D eigenvalue weighted by Gasteiger charge is 2.00. The van der Waals surface area contributed by atoms with Gasteiger partial charge in [0.15, 0.2) is 0 Å². The molecular formula is C13H16N4. The fourth-order valence-electron chi connectivity index (χ4n) is 1.60. The summed E-state index contributed by atoms with van der Waals surface area (Å²) in [5.41, 5.74) is 2.20. The lowest BCUT2D eigenvalue weighted by Crippen LogP contribution is -2.04. The monoisotopic (exact) mass is 228 g/mol. The van der Waals surface area contributed by atoms with Gasteiger partial charge in [-0.2, -0.15) is 0 Å². The average Bonchev–Trinajstić information content (AvgIpc) is 2.37. The van der Waals surface area contributed by atoms with Crippen LogP contribution in [0, 0.1) is 6.92 Å². The molecule has 0 saturated carbocycles. The number of rotatable bonds is 4. The Morgan fingerprint density at radius 3 is 2.88 bits per heavy atom. The predicted molar refractivity (Wildman–Crippen MR) is 67.7 cm³/mol. The number of anilines is 1. The van der Waals surface area contributed by atoms with E-state index in [9.17, 15) is 0 Å². The van der Waals surface area contributed by atoms with Crippen molar-refractivity contribution in [3.63, 3.8) is 0 Å². The van der Waals surface area contributed by atoms with Crippen LogP contribution in [0.3, 0.4) is 0 Å². The molecule has 88 valence electrons. The molecule has 2 rings (SSSR count). The third kappa shape index (κ3) is 3.24. The second-order valence-electron chi connectivity index (χ2n) is 3.86. The van der Waals surface area contributed by atoms with E-state index in [1.165, 1.54) is 0 Å². The van der Waals surface area contributed by atoms with Gasteiger partial charge in [0.1, 0.15) is 11.6 Å². The van der Waals surface area contributed by atoms with Crippen molar-refractivity contribution in [3.05, 3.63) is 47.7 Å². The van der Waals surface area contributed by atoms with E-state index in [2.05, 4.69) is 27.2 Å². The van der Waals surface area contributed by atoms with Gasteiger partial charge in [-0.25, -0.2) is 9.97 Å². The first-order valence-electron chi connectivity index (χ1n) is 5.75. The van der Waals surface area contributed by atoms with Crippen molar-refractivity contribution in [2.75, 3.05) is 5.32 Å². The number of hydrogen-bond acceptors (Lipinski definition) is 4. The Balaban J connectivity index is 2.06. The molecule has 0 saturated heterocycles. The van der Waals surface area contributed by atoms with Crippen LogP contribution in [0.5, 0.6) is 0 Å². The average molecular weight is 228 g/mol. The number of nitrogens with one attached hydrogen (secondary N) is 1. The second kappa shape index (κ2) is 5.39. The molecule has 0 atom stereocenters. The van der Waals surface area contributed by atoms with E-state index in [1.54, 1.807) is 6.20 Å². The molecular weight excluding hydrogens is 212 g/mol. The van der Waals surface area contributed by atoms with Crippen LogP contribution in [-0.2, 0) is 13.0 Å². The third-order valence-corrected chi connectivity index (χ3v) is 2.45. The van der Waals surface area contributed by atoms with Crippen molar-refractivity contribution in [3.8, 4) is 0 Å². The van der Waals surface area contributed by atoms with Gasteiger partial charge in [0.05, 0.1) is 0 Å². The number of pyridine rings is 1. The normalized spacial score (nSPS) is 10.2. The van der Waals surface area contributed by atoms with Crippen molar-refractivity contribution < 1.29 is 0 Å². The van der Waals surface area contributed by atoms with Crippen LogP contribution in [0.1, 0.15) is 24.0 Å². The molecule has 0 bridgehead atoms. The van der Waals surface area contributed by atoms with Gasteiger partial charge in [-0.3, -0.25) is 4.98 Å². The molecule has 1 N–H and O–H groups in total. The van der Waals surface area contributed by atoms with Gasteiger partial charge in [0.25, 0.3) is 0 Å². The Kier molecular flexibility index (Phi) is 3.65. The summed E-state index contributed by atoms with van der Waals surface area (Å²) >= 11 is 0. The minimum Gasteiger partial charge on any atom is -0.366 e. The van der Waals surface area contributed by atoms with Crippen LogP contribution >= 0.6 is 0 Å². The van der Waals surface area contributed by atoms with Gasteiger partial charge in [-0.15, -0.1) is 0 Å². The largest absolute Gasteiger partial charge is 0.366 e. The first-order chi connectivity index (χ1) is 8.28. The standard InChI is InChI=1S/C13H16N4/c1-3-12-7-13(17-10(2)16-12)15-9-11-5-4-6-14-8-11/h4-8H,3,9H2,1-2H3,(H,15,16,17). The summed E-state index contributed by atoms with van der Waals surface area (Å²) in [6.07, 6.45) is 4.54. The smallest absolute Gasteiger partial charge is 0.130 e. The van der Waals surface area contributed by atoms with Crippen LogP contribution in [0.4, 0.5) is 5.82 Å². The minimum atomic E-state index is 0.730. The van der Waals surface area contributed by atoms with Gasteiger partial charge in [0.2, 0.25) is 0 Å². The Bertz CT molecular complexity index is 482. The van der Waals surface area contributed by atoms with Gasteiger partial charge < -0.3 is 5.32 Å². The molecule has 0 radical (unpaired) electrons. The Labute approximate surface area is 101 Å². The van der Waals surface area contributed by atoms with Crippen LogP contribution in [0.15, 0.2) is 30.6 Å². The van der Waals surface area contributed by atoms with Crippen LogP contribution < -0.4 is 5.32 Å². The lowest BCUT2D eigenvalue weighted by Gasteiger charge is -2.07. The zero-order valence-electron chi connectivity index (χ0n) is 10.1. The van der Waals surface area contributed by atoms with Crippen molar-refractivity contribution in [1.29, 1.82) is 0 Å². The fraction of sp³-hybridized carbons (Fsp3) is 0.308. The first kappa shape index (κ1) is 11.5. The first-order valence-corrected chi connectivity index (χ1v) is 5.75. The maximum absolute atomic E-state index is 4.35. The summed E-state index contributed by atoms with van der Waals surface area (Å²) in [4.78, 5) is 12.8. The van der Waals surface area contributed by atoms with Gasteiger partial charge in [0, 0.05) is 30.7 Å². The van der Waals surface area contributed by atoms with E-state index >= 15 is 0 Å². The lowest BCUT2D eigenvalue weighted by molar-refractivity contribution is 0.940. The molecule has 2 heterocycles. The van der Waals surface area contributed by atoms with Gasteiger partial charge in [-0.1, -0.05) is 13.0 Å². The van der Waals surface area contributed by atoms with Crippen LogP contribution in [0.25, 0.3) is 0 Å². The van der Waals surface area contributed by atoms with E-state index in [0.717, 1.165) is 35.9 Å². The second-order valence-corrected chi connectivity index (χ2v) is 3.86. The van der Waals surface area contributed by atoms with Gasteiger partial charge >= 0.3 is 0 Å². The summed E-state index contributed by atoms with van der Waals surface area (Å²) in [5.74, 6) is 1.68. The molecule has 2 aromatic rings. The van der Waals surface area contributed by atoms with E-state index in [1.807, 2.05) is 31.3 Å². The molecule has 4 heteroatoms. The van der Waals surface area contributed by atoms with Crippen molar-refractivity contribution in [2.24, 2.45) is 0 Å². The molecule has 0 aliphatic rings. The molecule has 4 nitrogen and oxygen atoms in total. The molecule has 0 fully saturated rings. The molecule has 0 amide bonds. The van der Waals surface area contributed by atoms with E-state index in [-0.39, 0.29) is 0 Å². The SMILES string of the molecule is CCc1cc(NCc2cccnc2)nc(C)n1. The Morgan fingerprint density at radius 2 is 2.18 bits per heavy atom. The molecule has 0 spiro atoms. The van der Waals surface area contributed by atoms with Gasteiger partial charge in [-0.05, 0) is 25.0 Å². The van der Waals surface area contributed by atoms with Crippen molar-refractivity contribution in [2.45, 2.75) is 26.8 Å². The van der Waals surface area contributed by atoms with Crippen molar-refractivity contribution >= 4 is 5.82 Å². The zero-order chi connectivity index (χ0) is 12.1. The summed E-state index contributed by atoms with van der Waals surface area (Å²) in [6.45, 7) is 4.73. The van der Waals surface area contributed by atoms with E-state index in [4.69, 9.17) is 0 Å². The predicted octanol–water partition coefficient (Wildman–Crippen LogP) is 2.35. The van der Waals surface area contributed by atoms with Crippen LogP contribution in [0.2, 0.25) is 0 Å². The van der Waals surface area contributed by atoms with E-state index < -0.39 is 0 Å². The van der Waals surface area contributed by atoms with Crippen LogP contribution in [-0.4, -0.2) is 15.0 Å². The highest BCUT2D eigenvalue weighted by atomic mass is 15.0. The zero-order valence-corrected chi connectivity index (χ0v) is 10.1. The van der Waals surface area contributed by atoms with E-state index in [0.29, 0.717) is 0 Å². The number of nitrogens with zero attached hydrogens (tertiary/aromatic N) is 3. The quantitative estimate of drug-likeness (QED) is 0.872. The summed E-state index contributed by atoms with van der Waals surface area (Å²) < 4.78 is 0. The topological polar surface area (TPSA) is 50.7 Å². The molecule has 0 aliphatic carbocycles. The Morgan fingerprint density at radius 1 is 1.29 bits per heavy atom. The number of aromatic nitrogens is 3. The maximum Gasteiger partial charge on any atom is 0.130 e. The third-order valence-electron chi connectivity index (χ3n) is 2.45. The molecule has 0 aromatic carbocycles. The molecule has 17 heavy (non-hydrogen) atoms. The highest BCUT2D eigenvalue weighted by molar-refractivity contribution is 5.36. The number of hydrogen-bond donors (Lipinski definition) is 1. The molecule has 0 unspecified atom stereocenters. The van der Waals surface area contributed by atoms with Crippen molar-refractivity contribution in [1.82, 2.24) is 15.0 Å².